The van der Waals surface area contributed by atoms with Gasteiger partial charge < -0.3 is 33.6 Å². The number of carbonyl (C=O) groups is 6. The molecule has 0 aliphatic carbocycles. The zero-order chi connectivity index (χ0) is 47.9. The largest absolute Gasteiger partial charge is 0.493 e. The first-order valence-electron chi connectivity index (χ1n) is 22.9. The van der Waals surface area contributed by atoms with Gasteiger partial charge in [-0.3, -0.25) is 33.9 Å². The van der Waals surface area contributed by atoms with Crippen molar-refractivity contribution in [1.82, 2.24) is 5.06 Å². The number of rotatable bonds is 14. The van der Waals surface area contributed by atoms with E-state index >= 15 is 0 Å². The van der Waals surface area contributed by atoms with Crippen molar-refractivity contribution < 1.29 is 52.6 Å². The summed E-state index contributed by atoms with van der Waals surface area (Å²) in [5.41, 5.74) is 8.54. The summed E-state index contributed by atoms with van der Waals surface area (Å²) in [4.78, 5) is 95.0. The lowest BCUT2D eigenvalue weighted by Gasteiger charge is -2.24. The maximum Gasteiger partial charge on any atom is 0.352 e. The van der Waals surface area contributed by atoms with Crippen LogP contribution in [0.1, 0.15) is 79.8 Å². The van der Waals surface area contributed by atoms with E-state index in [0.717, 1.165) is 40.9 Å². The molecule has 0 radical (unpaired) electrons. The molecule has 0 unspecified atom stereocenters. The van der Waals surface area contributed by atoms with Gasteiger partial charge >= 0.3 is 5.97 Å². The fourth-order valence-electron chi connectivity index (χ4n) is 9.85. The summed E-state index contributed by atoms with van der Waals surface area (Å²) in [6.07, 6.45) is 4.41. The third kappa shape index (κ3) is 8.67. The van der Waals surface area contributed by atoms with E-state index in [9.17, 15) is 28.8 Å². The molecular weight excluding hydrogens is 883 g/mol. The molecule has 0 aromatic heterocycles. The minimum atomic E-state index is -1.00. The van der Waals surface area contributed by atoms with Crippen LogP contribution < -0.4 is 28.9 Å². The number of para-hydroxylation sites is 2. The highest BCUT2D eigenvalue weighted by Gasteiger charge is 2.39. The van der Waals surface area contributed by atoms with Crippen LogP contribution in [0.15, 0.2) is 96.0 Å². The van der Waals surface area contributed by atoms with Crippen LogP contribution in [0.2, 0.25) is 0 Å². The van der Waals surface area contributed by atoms with Crippen molar-refractivity contribution in [2.75, 3.05) is 42.1 Å². The molecule has 1 saturated heterocycles. The molecule has 5 amide bonds. The Bertz CT molecular complexity index is 2970. The van der Waals surface area contributed by atoms with Crippen molar-refractivity contribution in [3.05, 3.63) is 136 Å². The summed E-state index contributed by atoms with van der Waals surface area (Å²) < 4.78 is 23.9. The van der Waals surface area contributed by atoms with E-state index in [-0.39, 0.29) is 68.7 Å². The fraction of sp³-hybridized carbons (Fsp3) is 0.302. The number of hydroxylamine groups is 2. The van der Waals surface area contributed by atoms with E-state index in [4.69, 9.17) is 28.8 Å². The molecule has 5 heterocycles. The van der Waals surface area contributed by atoms with Crippen molar-refractivity contribution in [3.8, 4) is 17.2 Å². The Hall–Kier alpha value is -7.85. The smallest absolute Gasteiger partial charge is 0.352 e. The third-order valence-corrected chi connectivity index (χ3v) is 13.2. The molecule has 5 aliphatic heterocycles. The number of amides is 5. The highest BCUT2D eigenvalue weighted by Crippen LogP contribution is 2.42. The lowest BCUT2D eigenvalue weighted by molar-refractivity contribution is -0.196. The Morgan fingerprint density at radius 1 is 0.710 bits per heavy atom. The topological polar surface area (TPSA) is 174 Å². The van der Waals surface area contributed by atoms with Crippen LogP contribution in [0, 0.1) is 6.92 Å². The number of hydrogen-bond acceptors (Lipinski definition) is 12. The summed E-state index contributed by atoms with van der Waals surface area (Å²) in [5, 5.41) is 0.441. The number of methoxy groups -OCH3 is 2. The molecule has 5 aromatic rings. The molecule has 0 N–H and O–H groups in total. The zero-order valence-electron chi connectivity index (χ0n) is 38.4. The van der Waals surface area contributed by atoms with Gasteiger partial charge in [-0.15, -0.1) is 5.06 Å². The molecule has 0 saturated carbocycles. The fourth-order valence-corrected chi connectivity index (χ4v) is 9.85. The number of imide groups is 1. The molecule has 2 atom stereocenters. The van der Waals surface area contributed by atoms with Gasteiger partial charge in [0.15, 0.2) is 11.5 Å². The van der Waals surface area contributed by atoms with Crippen LogP contribution in [-0.2, 0) is 61.2 Å². The van der Waals surface area contributed by atoms with Crippen molar-refractivity contribution >= 4 is 64.5 Å². The van der Waals surface area contributed by atoms with Crippen LogP contribution in [0.5, 0.6) is 17.2 Å². The molecule has 0 spiro atoms. The maximum atomic E-state index is 14.1. The second kappa shape index (κ2) is 18.7. The van der Waals surface area contributed by atoms with Gasteiger partial charge in [-0.1, -0.05) is 36.4 Å². The Labute approximate surface area is 397 Å². The van der Waals surface area contributed by atoms with Gasteiger partial charge in [-0.25, -0.2) is 4.79 Å². The first-order chi connectivity index (χ1) is 33.5. The van der Waals surface area contributed by atoms with Gasteiger partial charge in [0.2, 0.25) is 5.91 Å². The van der Waals surface area contributed by atoms with E-state index in [1.165, 1.54) is 24.7 Å². The van der Waals surface area contributed by atoms with E-state index in [2.05, 4.69) is 6.07 Å². The molecule has 352 valence electrons. The minimum Gasteiger partial charge on any atom is -0.493 e. The maximum absolute atomic E-state index is 14.1. The summed E-state index contributed by atoms with van der Waals surface area (Å²) in [6.45, 7) is 1.24. The van der Waals surface area contributed by atoms with Gasteiger partial charge in [-0.05, 0) is 108 Å². The second-order valence-electron chi connectivity index (χ2n) is 17.7. The quantitative estimate of drug-likeness (QED) is 0.106. The van der Waals surface area contributed by atoms with Crippen LogP contribution in [-0.4, -0.2) is 86.2 Å². The standard InChI is InChI=1S/C53H49N5O11/c1-31-18-40-34(12-13-37-22-35-8-4-6-10-43(35)56(37)52(40)63)24-45(31)67-29-32-19-33(21-38(20-32)55(48(59)16-17-65-2)28-51(62)69-58-49(60)14-15-50(58)61)30-68-47-26-42-41(25-46(47)66-3)53(64)57-39(27-54-42)23-36-9-5-7-11-44(36)57/h4-11,18-21,24-27,37,39H,12-17,22-23,28-30H2,1-3H3/t37-,39+/m1/s1. The second-order valence-corrected chi connectivity index (χ2v) is 17.7. The summed E-state index contributed by atoms with van der Waals surface area (Å²) in [7, 11) is 2.94. The van der Waals surface area contributed by atoms with Gasteiger partial charge in [0.1, 0.15) is 25.5 Å². The first kappa shape index (κ1) is 45.0. The van der Waals surface area contributed by atoms with Crippen molar-refractivity contribution in [2.45, 2.75) is 77.2 Å². The van der Waals surface area contributed by atoms with Crippen LogP contribution >= 0.6 is 0 Å². The normalized spacial score (nSPS) is 17.6. The number of fused-ring (bicyclic) bond motifs is 8. The number of aliphatic imine (C=N–C) groups is 1. The number of carbonyl (C=O) groups excluding carboxylic acids is 6. The van der Waals surface area contributed by atoms with Gasteiger partial charge in [0, 0.05) is 67.3 Å². The molecule has 16 heteroatoms. The molecule has 5 aliphatic rings. The number of benzene rings is 5. The Kier molecular flexibility index (Phi) is 12.2. The molecule has 5 aromatic carbocycles. The molecule has 10 rings (SSSR count). The first-order valence-corrected chi connectivity index (χ1v) is 22.9. The van der Waals surface area contributed by atoms with E-state index in [0.29, 0.717) is 63.1 Å². The SMILES string of the molecule is COCCC(=O)N(CC(=O)ON1C(=O)CCC1=O)c1cc(COc2cc3c(cc2C)C(=O)N2c4ccccc4C[C@H]2CC3)cc(COc2cc3c(cc2OC)C(=O)N2c4ccccc4C[C@H]2C=N3)c1. The van der Waals surface area contributed by atoms with Crippen LogP contribution in [0.3, 0.4) is 0 Å². The number of hydrogen-bond donors (Lipinski definition) is 0. The summed E-state index contributed by atoms with van der Waals surface area (Å²) in [6, 6.07) is 28.0. The summed E-state index contributed by atoms with van der Waals surface area (Å²) in [5.74, 6) is -1.85. The van der Waals surface area contributed by atoms with Crippen LogP contribution in [0.25, 0.3) is 0 Å². The van der Waals surface area contributed by atoms with Crippen molar-refractivity contribution in [1.29, 1.82) is 0 Å². The Morgan fingerprint density at radius 2 is 1.38 bits per heavy atom. The van der Waals surface area contributed by atoms with Crippen molar-refractivity contribution in [3.63, 3.8) is 0 Å². The molecule has 16 nitrogen and oxygen atoms in total. The van der Waals surface area contributed by atoms with Crippen LogP contribution in [0.4, 0.5) is 22.7 Å². The average molecular weight is 932 g/mol. The Balaban J connectivity index is 0.952. The predicted octanol–water partition coefficient (Wildman–Crippen LogP) is 6.94. The zero-order valence-corrected chi connectivity index (χ0v) is 38.4. The van der Waals surface area contributed by atoms with Gasteiger partial charge in [0.05, 0.1) is 37.4 Å². The average Bonchev–Trinajstić information content (AvgIpc) is 3.97. The molecule has 69 heavy (non-hydrogen) atoms. The molecule has 0 bridgehead atoms. The predicted molar refractivity (Wildman–Crippen MR) is 253 cm³/mol. The van der Waals surface area contributed by atoms with Gasteiger partial charge in [0.25, 0.3) is 23.6 Å². The van der Waals surface area contributed by atoms with Gasteiger partial charge in [-0.2, -0.15) is 0 Å². The monoisotopic (exact) mass is 931 g/mol. The Morgan fingerprint density at radius 3 is 2.09 bits per heavy atom. The van der Waals surface area contributed by atoms with Crippen molar-refractivity contribution in [2.24, 2.45) is 4.99 Å². The number of nitrogens with zero attached hydrogens (tertiary/aromatic N) is 5. The number of aryl methyl sites for hydroxylation is 2. The molecular formula is C53H49N5O11. The highest BCUT2D eigenvalue weighted by atomic mass is 16.7. The van der Waals surface area contributed by atoms with E-state index < -0.39 is 30.2 Å². The third-order valence-electron chi connectivity index (χ3n) is 13.2. The highest BCUT2D eigenvalue weighted by molar-refractivity contribution is 6.15. The van der Waals surface area contributed by atoms with E-state index in [1.54, 1.807) is 35.4 Å². The number of anilines is 3. The molecule has 1 fully saturated rings. The summed E-state index contributed by atoms with van der Waals surface area (Å²) >= 11 is 0. The lowest BCUT2D eigenvalue weighted by atomic mass is 9.98. The number of ether oxygens (including phenoxy) is 4. The van der Waals surface area contributed by atoms with E-state index in [1.807, 2.05) is 72.5 Å². The minimum absolute atomic E-state index is 0.0116. The lowest BCUT2D eigenvalue weighted by Crippen LogP contribution is -2.41.